The number of imidazole rings is 1. The van der Waals surface area contributed by atoms with E-state index in [4.69, 9.17) is 0 Å². The lowest BCUT2D eigenvalue weighted by molar-refractivity contribution is 0.272. The Morgan fingerprint density at radius 2 is 2.12 bits per heavy atom. The van der Waals surface area contributed by atoms with Crippen molar-refractivity contribution in [2.75, 3.05) is 6.54 Å². The van der Waals surface area contributed by atoms with Crippen LogP contribution in [-0.2, 0) is 6.54 Å². The highest BCUT2D eigenvalue weighted by Gasteiger charge is 2.18. The fourth-order valence-electron chi connectivity index (χ4n) is 2.09. The monoisotopic (exact) mass is 245 g/mol. The highest BCUT2D eigenvalue weighted by Crippen LogP contribution is 2.24. The smallest absolute Gasteiger partial charge is 0.0922 e. The number of hydrogen-bond acceptors (Lipinski definition) is 2. The molecule has 0 aliphatic carbocycles. The largest absolute Gasteiger partial charge is 0.347 e. The molecule has 0 aromatic carbocycles. The lowest BCUT2D eigenvalue weighted by Gasteiger charge is -2.26. The van der Waals surface area contributed by atoms with E-state index in [0.29, 0.717) is 5.41 Å². The topological polar surface area (TPSA) is 40.7 Å². The Balaban J connectivity index is 0.00000225. The van der Waals surface area contributed by atoms with Gasteiger partial charge in [0.1, 0.15) is 0 Å². The van der Waals surface area contributed by atoms with E-state index in [1.807, 2.05) is 6.20 Å². The minimum absolute atomic E-state index is 0. The molecule has 0 bridgehead atoms. The molecule has 94 valence electrons. The van der Waals surface area contributed by atoms with Gasteiger partial charge in [-0.05, 0) is 17.8 Å². The van der Waals surface area contributed by atoms with E-state index in [2.05, 4.69) is 43.0 Å². The molecule has 0 saturated heterocycles. The normalized spacial score (nSPS) is 11.6. The van der Waals surface area contributed by atoms with Crippen LogP contribution >= 0.6 is 12.4 Å². The van der Waals surface area contributed by atoms with Crippen LogP contribution in [0.5, 0.6) is 0 Å². The van der Waals surface area contributed by atoms with Crippen LogP contribution in [0.1, 0.15) is 39.8 Å². The molecule has 0 amide bonds. The van der Waals surface area contributed by atoms with Crippen molar-refractivity contribution in [3.8, 4) is 0 Å². The summed E-state index contributed by atoms with van der Waals surface area (Å²) in [7, 11) is 0. The van der Waals surface area contributed by atoms with Crippen molar-refractivity contribution in [1.29, 1.82) is 0 Å². The molecule has 1 heterocycles. The van der Waals surface area contributed by atoms with Crippen molar-refractivity contribution in [2.45, 2.75) is 40.7 Å². The van der Waals surface area contributed by atoms with Gasteiger partial charge in [0.25, 0.3) is 0 Å². The first-order valence-corrected chi connectivity index (χ1v) is 5.67. The van der Waals surface area contributed by atoms with Crippen molar-refractivity contribution in [1.82, 2.24) is 15.3 Å². The molecular weight excluding hydrogens is 222 g/mol. The lowest BCUT2D eigenvalue weighted by atomic mass is 9.84. The van der Waals surface area contributed by atoms with E-state index in [9.17, 15) is 0 Å². The van der Waals surface area contributed by atoms with Gasteiger partial charge in [0, 0.05) is 25.0 Å². The predicted molar refractivity (Wildman–Crippen MR) is 70.8 cm³/mol. The molecule has 0 aliphatic rings. The SMILES string of the molecule is CC(C)CC(C)(C)CNCc1cnc[nH]1.Cl. The molecule has 4 heteroatoms. The van der Waals surface area contributed by atoms with Gasteiger partial charge in [0.15, 0.2) is 0 Å². The predicted octanol–water partition coefficient (Wildman–Crippen LogP) is 2.99. The Hall–Kier alpha value is -0.540. The van der Waals surface area contributed by atoms with Crippen molar-refractivity contribution in [3.63, 3.8) is 0 Å². The second kappa shape index (κ2) is 6.92. The summed E-state index contributed by atoms with van der Waals surface area (Å²) in [5, 5.41) is 3.46. The van der Waals surface area contributed by atoms with E-state index in [0.717, 1.165) is 24.7 Å². The molecule has 0 saturated carbocycles. The van der Waals surface area contributed by atoms with Crippen molar-refractivity contribution in [3.05, 3.63) is 18.2 Å². The molecule has 0 aliphatic heterocycles. The second-order valence-corrected chi connectivity index (χ2v) is 5.44. The molecule has 0 radical (unpaired) electrons. The van der Waals surface area contributed by atoms with Crippen molar-refractivity contribution in [2.24, 2.45) is 11.3 Å². The summed E-state index contributed by atoms with van der Waals surface area (Å²) >= 11 is 0. The molecule has 1 aromatic heterocycles. The van der Waals surface area contributed by atoms with Crippen LogP contribution < -0.4 is 5.32 Å². The average Bonchev–Trinajstić information content (AvgIpc) is 2.53. The number of aromatic amines is 1. The van der Waals surface area contributed by atoms with Crippen LogP contribution in [0.3, 0.4) is 0 Å². The van der Waals surface area contributed by atoms with Gasteiger partial charge in [-0.25, -0.2) is 4.98 Å². The first-order chi connectivity index (χ1) is 6.99. The number of halogens is 1. The summed E-state index contributed by atoms with van der Waals surface area (Å²) in [4.78, 5) is 7.08. The van der Waals surface area contributed by atoms with Gasteiger partial charge >= 0.3 is 0 Å². The van der Waals surface area contributed by atoms with Crippen molar-refractivity contribution < 1.29 is 0 Å². The van der Waals surface area contributed by atoms with Gasteiger partial charge in [0.2, 0.25) is 0 Å². The highest BCUT2D eigenvalue weighted by atomic mass is 35.5. The minimum atomic E-state index is 0. The maximum atomic E-state index is 3.99. The number of nitrogens with one attached hydrogen (secondary N) is 2. The third kappa shape index (κ3) is 6.13. The molecule has 0 fully saturated rings. The number of aromatic nitrogens is 2. The summed E-state index contributed by atoms with van der Waals surface area (Å²) in [5.74, 6) is 0.758. The van der Waals surface area contributed by atoms with E-state index in [1.54, 1.807) is 6.33 Å². The van der Waals surface area contributed by atoms with Crippen LogP contribution in [-0.4, -0.2) is 16.5 Å². The zero-order valence-electron chi connectivity index (χ0n) is 10.7. The van der Waals surface area contributed by atoms with Crippen LogP contribution in [0.2, 0.25) is 0 Å². The van der Waals surface area contributed by atoms with Crippen LogP contribution in [0, 0.1) is 11.3 Å². The Bertz CT molecular complexity index is 268. The first kappa shape index (κ1) is 15.5. The molecule has 0 atom stereocenters. The molecule has 16 heavy (non-hydrogen) atoms. The van der Waals surface area contributed by atoms with Gasteiger partial charge < -0.3 is 10.3 Å². The van der Waals surface area contributed by atoms with Gasteiger partial charge in [0.05, 0.1) is 6.33 Å². The number of nitrogens with zero attached hydrogens (tertiary/aromatic N) is 1. The highest BCUT2D eigenvalue weighted by molar-refractivity contribution is 5.85. The van der Waals surface area contributed by atoms with Gasteiger partial charge in [-0.3, -0.25) is 0 Å². The number of H-pyrrole nitrogens is 1. The Morgan fingerprint density at radius 1 is 1.44 bits per heavy atom. The Kier molecular flexibility index (Phi) is 6.68. The zero-order chi connectivity index (χ0) is 11.3. The fraction of sp³-hybridized carbons (Fsp3) is 0.750. The van der Waals surface area contributed by atoms with E-state index >= 15 is 0 Å². The summed E-state index contributed by atoms with van der Waals surface area (Å²) in [6.07, 6.45) is 4.84. The van der Waals surface area contributed by atoms with Gasteiger partial charge in [-0.15, -0.1) is 12.4 Å². The molecule has 3 nitrogen and oxygen atoms in total. The summed E-state index contributed by atoms with van der Waals surface area (Å²) in [6, 6.07) is 0. The van der Waals surface area contributed by atoms with Gasteiger partial charge in [-0.2, -0.15) is 0 Å². The Morgan fingerprint density at radius 3 is 2.62 bits per heavy atom. The Labute approximate surface area is 105 Å². The third-order valence-electron chi connectivity index (χ3n) is 2.43. The third-order valence-corrected chi connectivity index (χ3v) is 2.43. The number of hydrogen-bond donors (Lipinski definition) is 2. The maximum Gasteiger partial charge on any atom is 0.0922 e. The van der Waals surface area contributed by atoms with Crippen LogP contribution in [0.25, 0.3) is 0 Å². The molecule has 1 aromatic rings. The summed E-state index contributed by atoms with van der Waals surface area (Å²) in [5.41, 5.74) is 1.52. The molecule has 2 N–H and O–H groups in total. The van der Waals surface area contributed by atoms with Crippen LogP contribution in [0.15, 0.2) is 12.5 Å². The van der Waals surface area contributed by atoms with Crippen molar-refractivity contribution >= 4 is 12.4 Å². The molecule has 0 unspecified atom stereocenters. The lowest BCUT2D eigenvalue weighted by Crippen LogP contribution is -2.30. The molecule has 1 rings (SSSR count). The second-order valence-electron chi connectivity index (χ2n) is 5.44. The molecule has 0 spiro atoms. The van der Waals surface area contributed by atoms with E-state index < -0.39 is 0 Å². The van der Waals surface area contributed by atoms with Crippen LogP contribution in [0.4, 0.5) is 0 Å². The number of rotatable bonds is 6. The molecular formula is C12H24ClN3. The van der Waals surface area contributed by atoms with E-state index in [1.165, 1.54) is 6.42 Å². The first-order valence-electron chi connectivity index (χ1n) is 5.67. The average molecular weight is 246 g/mol. The zero-order valence-corrected chi connectivity index (χ0v) is 11.5. The van der Waals surface area contributed by atoms with Gasteiger partial charge in [-0.1, -0.05) is 27.7 Å². The summed E-state index contributed by atoms with van der Waals surface area (Å²) < 4.78 is 0. The summed E-state index contributed by atoms with van der Waals surface area (Å²) in [6.45, 7) is 11.1. The minimum Gasteiger partial charge on any atom is -0.347 e. The fourth-order valence-corrected chi connectivity index (χ4v) is 2.09. The van der Waals surface area contributed by atoms with E-state index in [-0.39, 0.29) is 12.4 Å². The quantitative estimate of drug-likeness (QED) is 0.809. The maximum absolute atomic E-state index is 3.99. The standard InChI is InChI=1S/C12H23N3.ClH/c1-10(2)5-12(3,4)8-13-6-11-7-14-9-15-11;/h7,9-10,13H,5-6,8H2,1-4H3,(H,14,15);1H.